The second kappa shape index (κ2) is 4.78. The van der Waals surface area contributed by atoms with Crippen LogP contribution in [0, 0.1) is 0 Å². The number of para-hydroxylation sites is 2. The molecule has 0 radical (unpaired) electrons. The van der Waals surface area contributed by atoms with Crippen LogP contribution in [0.1, 0.15) is 5.82 Å². The molecule has 5 N–H and O–H groups in total. The first-order chi connectivity index (χ1) is 9.72. The summed E-state index contributed by atoms with van der Waals surface area (Å²) in [6.07, 6.45) is 1.90. The van der Waals surface area contributed by atoms with Gasteiger partial charge in [0.05, 0.1) is 17.4 Å². The third kappa shape index (κ3) is 1.84. The van der Waals surface area contributed by atoms with Crippen LogP contribution >= 0.6 is 0 Å². The quantitative estimate of drug-likeness (QED) is 0.628. The summed E-state index contributed by atoms with van der Waals surface area (Å²) >= 11 is 0. The summed E-state index contributed by atoms with van der Waals surface area (Å²) in [6, 6.07) is 7.61. The SMILES string of the molecule is NCCc1nc2ccccc2n1-c1nc[nH]c(=O)c1N. The van der Waals surface area contributed by atoms with Gasteiger partial charge in [-0.1, -0.05) is 12.1 Å². The van der Waals surface area contributed by atoms with Crippen LogP contribution in [0.2, 0.25) is 0 Å². The highest BCUT2D eigenvalue weighted by Crippen LogP contribution is 2.22. The molecule has 0 amide bonds. The molecule has 0 atom stereocenters. The maximum absolute atomic E-state index is 11.7. The first-order valence-corrected chi connectivity index (χ1v) is 6.22. The van der Waals surface area contributed by atoms with Crippen LogP contribution in [0.15, 0.2) is 35.4 Å². The Morgan fingerprint density at radius 1 is 1.30 bits per heavy atom. The molecular weight excluding hydrogens is 256 g/mol. The lowest BCUT2D eigenvalue weighted by atomic mass is 10.3. The molecule has 1 aromatic carbocycles. The number of H-pyrrole nitrogens is 1. The fourth-order valence-corrected chi connectivity index (χ4v) is 2.19. The molecule has 0 saturated carbocycles. The minimum absolute atomic E-state index is 0.0638. The van der Waals surface area contributed by atoms with Crippen molar-refractivity contribution in [3.63, 3.8) is 0 Å². The van der Waals surface area contributed by atoms with E-state index in [2.05, 4.69) is 15.0 Å². The van der Waals surface area contributed by atoms with Crippen LogP contribution in [0.3, 0.4) is 0 Å². The second-order valence-corrected chi connectivity index (χ2v) is 4.36. The first kappa shape index (κ1) is 12.4. The number of nitrogens with zero attached hydrogens (tertiary/aromatic N) is 3. The summed E-state index contributed by atoms with van der Waals surface area (Å²) in [5.74, 6) is 1.12. The molecule has 0 spiro atoms. The molecule has 3 aromatic rings. The van der Waals surface area contributed by atoms with Gasteiger partial charge in [-0.2, -0.15) is 0 Å². The van der Waals surface area contributed by atoms with Crippen molar-refractivity contribution < 1.29 is 0 Å². The number of fused-ring (bicyclic) bond motifs is 1. The van der Waals surface area contributed by atoms with Crippen LogP contribution in [0.25, 0.3) is 16.9 Å². The van der Waals surface area contributed by atoms with Crippen LogP contribution in [0.5, 0.6) is 0 Å². The molecule has 0 aliphatic heterocycles. The monoisotopic (exact) mass is 270 g/mol. The Morgan fingerprint density at radius 3 is 2.90 bits per heavy atom. The van der Waals surface area contributed by atoms with Crippen molar-refractivity contribution in [2.24, 2.45) is 5.73 Å². The van der Waals surface area contributed by atoms with Gasteiger partial charge >= 0.3 is 0 Å². The molecule has 102 valence electrons. The number of nitrogen functional groups attached to an aromatic ring is 1. The number of anilines is 1. The largest absolute Gasteiger partial charge is 0.391 e. The van der Waals surface area contributed by atoms with Crippen molar-refractivity contribution in [3.05, 3.63) is 46.8 Å². The van der Waals surface area contributed by atoms with E-state index in [1.54, 1.807) is 4.57 Å². The summed E-state index contributed by atoms with van der Waals surface area (Å²) in [6.45, 7) is 0.451. The molecule has 0 fully saturated rings. The zero-order chi connectivity index (χ0) is 14.1. The Bertz CT molecular complexity index is 819. The van der Waals surface area contributed by atoms with E-state index in [0.717, 1.165) is 16.9 Å². The molecule has 7 nitrogen and oxygen atoms in total. The number of rotatable bonds is 3. The van der Waals surface area contributed by atoms with Crippen molar-refractivity contribution >= 4 is 16.7 Å². The molecule has 2 aromatic heterocycles. The maximum atomic E-state index is 11.7. The molecule has 0 saturated heterocycles. The first-order valence-electron chi connectivity index (χ1n) is 6.22. The number of aromatic amines is 1. The average Bonchev–Trinajstić information content (AvgIpc) is 2.80. The van der Waals surface area contributed by atoms with Gasteiger partial charge in [0.15, 0.2) is 5.82 Å². The Hall–Kier alpha value is -2.67. The standard InChI is InChI=1S/C13H14N6O/c14-6-5-10-18-8-3-1-2-4-9(8)19(10)12-11(15)13(20)17-7-16-12/h1-4,7H,5-6,14-15H2,(H,16,17,20). The minimum Gasteiger partial charge on any atom is -0.391 e. The lowest BCUT2D eigenvalue weighted by Gasteiger charge is -2.09. The zero-order valence-corrected chi connectivity index (χ0v) is 10.7. The van der Waals surface area contributed by atoms with Crippen LogP contribution in [-0.4, -0.2) is 26.1 Å². The van der Waals surface area contributed by atoms with Gasteiger partial charge in [0.1, 0.15) is 11.5 Å². The van der Waals surface area contributed by atoms with Crippen molar-refractivity contribution in [2.45, 2.75) is 6.42 Å². The summed E-state index contributed by atoms with van der Waals surface area (Å²) in [7, 11) is 0. The van der Waals surface area contributed by atoms with Gasteiger partial charge in [-0.15, -0.1) is 0 Å². The van der Waals surface area contributed by atoms with Crippen LogP contribution in [0.4, 0.5) is 5.69 Å². The molecule has 20 heavy (non-hydrogen) atoms. The van der Waals surface area contributed by atoms with E-state index >= 15 is 0 Å². The third-order valence-corrected chi connectivity index (χ3v) is 3.08. The van der Waals surface area contributed by atoms with Crippen LogP contribution in [-0.2, 0) is 6.42 Å². The van der Waals surface area contributed by atoms with Gasteiger partial charge in [-0.3, -0.25) is 9.36 Å². The Labute approximate surface area is 114 Å². The third-order valence-electron chi connectivity index (χ3n) is 3.08. The number of aromatic nitrogens is 4. The topological polar surface area (TPSA) is 116 Å². The summed E-state index contributed by atoms with van der Waals surface area (Å²) < 4.78 is 1.78. The molecular formula is C13H14N6O. The summed E-state index contributed by atoms with van der Waals surface area (Å²) in [4.78, 5) is 22.8. The molecule has 0 aliphatic carbocycles. The smallest absolute Gasteiger partial charge is 0.276 e. The number of nitrogens with one attached hydrogen (secondary N) is 1. The van der Waals surface area contributed by atoms with Gasteiger partial charge in [0.2, 0.25) is 0 Å². The highest BCUT2D eigenvalue weighted by Gasteiger charge is 2.15. The molecule has 7 heteroatoms. The number of hydrogen-bond donors (Lipinski definition) is 3. The Kier molecular flexibility index (Phi) is 2.96. The zero-order valence-electron chi connectivity index (χ0n) is 10.7. The average molecular weight is 270 g/mol. The highest BCUT2D eigenvalue weighted by atomic mass is 16.1. The minimum atomic E-state index is -0.369. The van der Waals surface area contributed by atoms with Gasteiger partial charge in [-0.05, 0) is 18.7 Å². The predicted molar refractivity (Wildman–Crippen MR) is 76.7 cm³/mol. The lowest BCUT2D eigenvalue weighted by molar-refractivity contribution is 0.832. The fourth-order valence-electron chi connectivity index (χ4n) is 2.19. The van der Waals surface area contributed by atoms with E-state index in [1.807, 2.05) is 24.3 Å². The van der Waals surface area contributed by atoms with Gasteiger partial charge < -0.3 is 16.5 Å². The number of benzene rings is 1. The predicted octanol–water partition coefficient (Wildman–Crippen LogP) is 0.192. The number of imidazole rings is 1. The number of hydrogen-bond acceptors (Lipinski definition) is 5. The van der Waals surface area contributed by atoms with E-state index in [9.17, 15) is 4.79 Å². The molecule has 3 rings (SSSR count). The van der Waals surface area contributed by atoms with E-state index < -0.39 is 0 Å². The molecule has 0 unspecified atom stereocenters. The second-order valence-electron chi connectivity index (χ2n) is 4.36. The van der Waals surface area contributed by atoms with E-state index in [0.29, 0.717) is 18.8 Å². The number of nitrogens with two attached hydrogens (primary N) is 2. The lowest BCUT2D eigenvalue weighted by Crippen LogP contribution is -2.18. The normalized spacial score (nSPS) is 11.1. The molecule has 0 bridgehead atoms. The highest BCUT2D eigenvalue weighted by molar-refractivity contribution is 5.79. The van der Waals surface area contributed by atoms with Crippen LogP contribution < -0.4 is 17.0 Å². The fraction of sp³-hybridized carbons (Fsp3) is 0.154. The summed E-state index contributed by atoms with van der Waals surface area (Å²) in [5.41, 5.74) is 12.8. The Morgan fingerprint density at radius 2 is 2.10 bits per heavy atom. The molecule has 2 heterocycles. The van der Waals surface area contributed by atoms with Gasteiger partial charge in [0, 0.05) is 6.42 Å². The van der Waals surface area contributed by atoms with Crippen molar-refractivity contribution in [1.82, 2.24) is 19.5 Å². The Balaban J connectivity index is 2.36. The van der Waals surface area contributed by atoms with Crippen molar-refractivity contribution in [3.8, 4) is 5.82 Å². The maximum Gasteiger partial charge on any atom is 0.276 e. The summed E-state index contributed by atoms with van der Waals surface area (Å²) in [5, 5.41) is 0. The van der Waals surface area contributed by atoms with E-state index in [-0.39, 0.29) is 11.2 Å². The van der Waals surface area contributed by atoms with Gasteiger partial charge in [-0.25, -0.2) is 9.97 Å². The molecule has 0 aliphatic rings. The van der Waals surface area contributed by atoms with E-state index in [1.165, 1.54) is 6.33 Å². The van der Waals surface area contributed by atoms with E-state index in [4.69, 9.17) is 11.5 Å². The van der Waals surface area contributed by atoms with Crippen molar-refractivity contribution in [2.75, 3.05) is 12.3 Å². The van der Waals surface area contributed by atoms with Crippen molar-refractivity contribution in [1.29, 1.82) is 0 Å². The van der Waals surface area contributed by atoms with Gasteiger partial charge in [0.25, 0.3) is 5.56 Å².